The summed E-state index contributed by atoms with van der Waals surface area (Å²) < 4.78 is 6.51. The Kier molecular flexibility index (Phi) is 6.96. The molecule has 1 aromatic carbocycles. The minimum atomic E-state index is -0.117. The number of nitrogens with one attached hydrogen (secondary N) is 1. The Morgan fingerprint density at radius 2 is 2.03 bits per heavy atom. The Balaban J connectivity index is 1.29. The molecule has 5 nitrogen and oxygen atoms in total. The van der Waals surface area contributed by atoms with Gasteiger partial charge in [0.25, 0.3) is 0 Å². The average molecular weight is 470 g/mol. The molecule has 4 rings (SSSR count). The van der Waals surface area contributed by atoms with E-state index in [0.717, 1.165) is 36.8 Å². The average Bonchev–Trinajstić information content (AvgIpc) is 3.42. The van der Waals surface area contributed by atoms with Crippen molar-refractivity contribution in [2.75, 3.05) is 0 Å². The lowest BCUT2D eigenvalue weighted by molar-refractivity contribution is -0.121. The SMILES string of the molecule is CC(NC(=O)Cc1csc(-c2ccc(Cl)s2)n1)c1ccc(OCc2cccnc2)cc1. The minimum Gasteiger partial charge on any atom is -0.489 e. The number of aromatic nitrogens is 2. The number of rotatable bonds is 8. The number of hydrogen-bond donors (Lipinski definition) is 1. The first kappa shape index (κ1) is 21.5. The Hall–Kier alpha value is -2.74. The molecule has 0 saturated heterocycles. The molecule has 158 valence electrons. The van der Waals surface area contributed by atoms with E-state index >= 15 is 0 Å². The molecule has 0 saturated carbocycles. The Morgan fingerprint density at radius 3 is 2.74 bits per heavy atom. The molecule has 0 aliphatic rings. The van der Waals surface area contributed by atoms with Gasteiger partial charge in [0.15, 0.2) is 0 Å². The predicted octanol–water partition coefficient (Wildman–Crippen LogP) is 5.92. The summed E-state index contributed by atoms with van der Waals surface area (Å²) in [5.74, 6) is 0.709. The predicted molar refractivity (Wildman–Crippen MR) is 126 cm³/mol. The molecule has 8 heteroatoms. The highest BCUT2D eigenvalue weighted by Gasteiger charge is 2.13. The molecule has 0 fully saturated rings. The summed E-state index contributed by atoms with van der Waals surface area (Å²) in [6.45, 7) is 2.43. The third-order valence-electron chi connectivity index (χ3n) is 4.56. The maximum Gasteiger partial charge on any atom is 0.226 e. The van der Waals surface area contributed by atoms with Crippen LogP contribution in [0.2, 0.25) is 4.34 Å². The van der Waals surface area contributed by atoms with Gasteiger partial charge in [-0.1, -0.05) is 29.8 Å². The van der Waals surface area contributed by atoms with Crippen LogP contribution >= 0.6 is 34.3 Å². The fourth-order valence-corrected chi connectivity index (χ4v) is 4.91. The molecule has 1 unspecified atom stereocenters. The second-order valence-electron chi connectivity index (χ2n) is 6.93. The number of thiazole rings is 1. The van der Waals surface area contributed by atoms with Crippen LogP contribution in [0.3, 0.4) is 0 Å². The number of thiophene rings is 1. The van der Waals surface area contributed by atoms with Gasteiger partial charge in [-0.2, -0.15) is 0 Å². The van der Waals surface area contributed by atoms with E-state index in [4.69, 9.17) is 16.3 Å². The van der Waals surface area contributed by atoms with Crippen molar-refractivity contribution in [2.24, 2.45) is 0 Å². The van der Waals surface area contributed by atoms with Gasteiger partial charge < -0.3 is 10.1 Å². The smallest absolute Gasteiger partial charge is 0.226 e. The van der Waals surface area contributed by atoms with Crippen molar-refractivity contribution in [3.63, 3.8) is 0 Å². The Morgan fingerprint density at radius 1 is 1.19 bits per heavy atom. The molecule has 31 heavy (non-hydrogen) atoms. The normalized spacial score (nSPS) is 11.8. The van der Waals surface area contributed by atoms with Crippen molar-refractivity contribution in [2.45, 2.75) is 26.0 Å². The molecule has 1 N–H and O–H groups in total. The lowest BCUT2D eigenvalue weighted by Crippen LogP contribution is -2.28. The summed E-state index contributed by atoms with van der Waals surface area (Å²) in [6.07, 6.45) is 3.76. The lowest BCUT2D eigenvalue weighted by Gasteiger charge is -2.15. The number of hydrogen-bond acceptors (Lipinski definition) is 6. The van der Waals surface area contributed by atoms with E-state index in [2.05, 4.69) is 15.3 Å². The molecule has 0 aliphatic carbocycles. The highest BCUT2D eigenvalue weighted by atomic mass is 35.5. The highest BCUT2D eigenvalue weighted by molar-refractivity contribution is 7.23. The van der Waals surface area contributed by atoms with Crippen molar-refractivity contribution < 1.29 is 9.53 Å². The third-order valence-corrected chi connectivity index (χ3v) is 6.85. The van der Waals surface area contributed by atoms with E-state index in [1.165, 1.54) is 22.7 Å². The zero-order valence-corrected chi connectivity index (χ0v) is 19.1. The van der Waals surface area contributed by atoms with Crippen LogP contribution < -0.4 is 10.1 Å². The maximum absolute atomic E-state index is 12.5. The summed E-state index contributed by atoms with van der Waals surface area (Å²) in [4.78, 5) is 22.1. The number of pyridine rings is 1. The van der Waals surface area contributed by atoms with Gasteiger partial charge >= 0.3 is 0 Å². The van der Waals surface area contributed by atoms with E-state index < -0.39 is 0 Å². The second kappa shape index (κ2) is 10.0. The number of nitrogens with zero attached hydrogens (tertiary/aromatic N) is 2. The topological polar surface area (TPSA) is 64.1 Å². The van der Waals surface area contributed by atoms with Crippen LogP contribution in [0.4, 0.5) is 0 Å². The number of carbonyl (C=O) groups is 1. The summed E-state index contributed by atoms with van der Waals surface area (Å²) in [5, 5.41) is 5.84. The van der Waals surface area contributed by atoms with Crippen LogP contribution in [0.25, 0.3) is 9.88 Å². The summed E-state index contributed by atoms with van der Waals surface area (Å²) in [7, 11) is 0. The van der Waals surface area contributed by atoms with Crippen molar-refractivity contribution in [1.29, 1.82) is 0 Å². The van der Waals surface area contributed by atoms with Crippen LogP contribution in [0.5, 0.6) is 5.75 Å². The van der Waals surface area contributed by atoms with Crippen LogP contribution in [-0.4, -0.2) is 15.9 Å². The number of ether oxygens (including phenoxy) is 1. The third kappa shape index (κ3) is 5.91. The van der Waals surface area contributed by atoms with E-state index in [1.54, 1.807) is 12.4 Å². The molecule has 1 amide bonds. The molecular weight excluding hydrogens is 450 g/mol. The first-order valence-corrected chi connectivity index (χ1v) is 11.8. The van der Waals surface area contributed by atoms with Gasteiger partial charge in [-0.15, -0.1) is 22.7 Å². The van der Waals surface area contributed by atoms with Crippen LogP contribution in [-0.2, 0) is 17.8 Å². The van der Waals surface area contributed by atoms with E-state index in [0.29, 0.717) is 6.61 Å². The van der Waals surface area contributed by atoms with Gasteiger partial charge in [-0.3, -0.25) is 9.78 Å². The first-order chi connectivity index (χ1) is 15.1. The number of halogens is 1. The molecule has 3 heterocycles. The van der Waals surface area contributed by atoms with Crippen molar-refractivity contribution in [3.05, 3.63) is 87.5 Å². The number of carbonyl (C=O) groups excluding carboxylic acids is 1. The number of amides is 1. The van der Waals surface area contributed by atoms with Crippen LogP contribution in [0, 0.1) is 0 Å². The minimum absolute atomic E-state index is 0.0644. The standard InChI is InChI=1S/C23H20ClN3O2S2/c1-15(17-4-6-19(7-5-17)29-13-16-3-2-10-25-12-16)26-22(28)11-18-14-30-23(27-18)20-8-9-21(24)31-20/h2-10,12,14-15H,11,13H2,1H3,(H,26,28). The fourth-order valence-electron chi connectivity index (χ4n) is 2.97. The first-order valence-electron chi connectivity index (χ1n) is 9.68. The number of benzene rings is 1. The summed E-state index contributed by atoms with van der Waals surface area (Å²) >= 11 is 9.00. The second-order valence-corrected chi connectivity index (χ2v) is 9.51. The quantitative estimate of drug-likeness (QED) is 0.348. The highest BCUT2D eigenvalue weighted by Crippen LogP contribution is 2.33. The molecule has 0 radical (unpaired) electrons. The van der Waals surface area contributed by atoms with Gasteiger partial charge in [-0.25, -0.2) is 4.98 Å². The molecular formula is C23H20ClN3O2S2. The Labute approximate surface area is 193 Å². The van der Waals surface area contributed by atoms with Crippen LogP contribution in [0.1, 0.15) is 29.8 Å². The molecule has 3 aromatic heterocycles. The van der Waals surface area contributed by atoms with Gasteiger partial charge in [0.2, 0.25) is 5.91 Å². The molecule has 4 aromatic rings. The van der Waals surface area contributed by atoms with E-state index in [9.17, 15) is 4.79 Å². The Bertz CT molecular complexity index is 1140. The van der Waals surface area contributed by atoms with Crippen molar-refractivity contribution in [3.8, 4) is 15.6 Å². The molecule has 0 spiro atoms. The largest absolute Gasteiger partial charge is 0.489 e. The van der Waals surface area contributed by atoms with Crippen molar-refractivity contribution in [1.82, 2.24) is 15.3 Å². The van der Waals surface area contributed by atoms with Gasteiger partial charge in [0.1, 0.15) is 17.4 Å². The zero-order valence-electron chi connectivity index (χ0n) is 16.7. The van der Waals surface area contributed by atoms with E-state index in [1.807, 2.05) is 60.8 Å². The van der Waals surface area contributed by atoms with Gasteiger partial charge in [-0.05, 0) is 42.8 Å². The van der Waals surface area contributed by atoms with Gasteiger partial charge in [0, 0.05) is 23.3 Å². The molecule has 1 atom stereocenters. The van der Waals surface area contributed by atoms with E-state index in [-0.39, 0.29) is 18.4 Å². The summed E-state index contributed by atoms with van der Waals surface area (Å²) in [6, 6.07) is 15.3. The van der Waals surface area contributed by atoms with Crippen LogP contribution in [0.15, 0.2) is 66.3 Å². The van der Waals surface area contributed by atoms with Crippen molar-refractivity contribution >= 4 is 40.2 Å². The monoisotopic (exact) mass is 469 g/mol. The maximum atomic E-state index is 12.5. The molecule has 0 bridgehead atoms. The van der Waals surface area contributed by atoms with Gasteiger partial charge in [0.05, 0.1) is 27.4 Å². The zero-order chi connectivity index (χ0) is 21.6. The summed E-state index contributed by atoms with van der Waals surface area (Å²) in [5.41, 5.74) is 2.78. The fraction of sp³-hybridized carbons (Fsp3) is 0.174. The lowest BCUT2D eigenvalue weighted by atomic mass is 10.1. The molecule has 0 aliphatic heterocycles.